The lowest BCUT2D eigenvalue weighted by Crippen LogP contribution is -2.42. The van der Waals surface area contributed by atoms with Crippen molar-refractivity contribution in [3.8, 4) is 23.0 Å². The van der Waals surface area contributed by atoms with Crippen molar-refractivity contribution in [2.75, 3.05) is 27.4 Å². The average Bonchev–Trinajstić information content (AvgIpc) is 3.43. The number of fused-ring (bicyclic) bond motifs is 1. The summed E-state index contributed by atoms with van der Waals surface area (Å²) in [5.74, 6) is 0.226. The molecule has 2 aromatic carbocycles. The maximum absolute atomic E-state index is 12.8. The van der Waals surface area contributed by atoms with Gasteiger partial charge in [0.25, 0.3) is 5.91 Å². The predicted octanol–water partition coefficient (Wildman–Crippen LogP) is 2.77. The van der Waals surface area contributed by atoms with Crippen LogP contribution in [-0.4, -0.2) is 61.1 Å². The number of carboxylic acids is 1. The highest BCUT2D eigenvalue weighted by Crippen LogP contribution is 2.36. The van der Waals surface area contributed by atoms with Crippen LogP contribution >= 0.6 is 0 Å². The minimum absolute atomic E-state index is 0.128. The number of likely N-dealkylation sites (tertiary alicyclic amines) is 1. The van der Waals surface area contributed by atoms with E-state index in [-0.39, 0.29) is 18.1 Å². The SMILES string of the molecule is COc1ccc(C=C2Oc3cc(OCC(=O)N4CCC[C@H]4C(=O)O)ccc3C2=O)c(OC)c1. The second-order valence-electron chi connectivity index (χ2n) is 7.58. The fraction of sp³-hybridized carbons (Fsp3) is 0.292. The van der Waals surface area contributed by atoms with Gasteiger partial charge in [-0.25, -0.2) is 4.79 Å². The molecule has 9 nitrogen and oxygen atoms in total. The Morgan fingerprint density at radius 2 is 1.94 bits per heavy atom. The van der Waals surface area contributed by atoms with Gasteiger partial charge in [0.1, 0.15) is 29.0 Å². The molecule has 1 N–H and O–H groups in total. The van der Waals surface area contributed by atoms with Gasteiger partial charge in [0, 0.05) is 24.2 Å². The molecule has 2 heterocycles. The highest BCUT2D eigenvalue weighted by atomic mass is 16.5. The topological polar surface area (TPSA) is 112 Å². The molecule has 33 heavy (non-hydrogen) atoms. The number of nitrogens with zero attached hydrogens (tertiary/aromatic N) is 1. The zero-order valence-electron chi connectivity index (χ0n) is 18.2. The number of rotatable bonds is 7. The number of aliphatic carboxylic acids is 1. The first-order chi connectivity index (χ1) is 15.9. The van der Waals surface area contributed by atoms with Gasteiger partial charge in [0.15, 0.2) is 12.4 Å². The minimum atomic E-state index is -1.02. The van der Waals surface area contributed by atoms with E-state index in [1.807, 2.05) is 0 Å². The monoisotopic (exact) mass is 453 g/mol. The van der Waals surface area contributed by atoms with Crippen molar-refractivity contribution < 1.29 is 38.4 Å². The molecule has 1 fully saturated rings. The van der Waals surface area contributed by atoms with Crippen LogP contribution in [0.15, 0.2) is 42.2 Å². The van der Waals surface area contributed by atoms with Crippen LogP contribution in [0.25, 0.3) is 6.08 Å². The predicted molar refractivity (Wildman–Crippen MR) is 117 cm³/mol. The summed E-state index contributed by atoms with van der Waals surface area (Å²) in [5.41, 5.74) is 1.02. The number of ketones is 1. The number of carboxylic acid groups (broad SMARTS) is 1. The normalized spacial score (nSPS) is 18.1. The van der Waals surface area contributed by atoms with Gasteiger partial charge in [-0.1, -0.05) is 0 Å². The second kappa shape index (κ2) is 9.23. The number of Topliss-reactive ketones (excluding diaryl/α,β-unsaturated/α-hetero) is 1. The van der Waals surface area contributed by atoms with Gasteiger partial charge in [-0.15, -0.1) is 0 Å². The Morgan fingerprint density at radius 1 is 1.15 bits per heavy atom. The van der Waals surface area contributed by atoms with E-state index in [1.165, 1.54) is 18.1 Å². The summed E-state index contributed by atoms with van der Waals surface area (Å²) in [5, 5.41) is 9.24. The quantitative estimate of drug-likeness (QED) is 0.637. The van der Waals surface area contributed by atoms with Crippen molar-refractivity contribution in [3.63, 3.8) is 0 Å². The summed E-state index contributed by atoms with van der Waals surface area (Å²) in [6.07, 6.45) is 2.67. The van der Waals surface area contributed by atoms with Crippen molar-refractivity contribution in [1.82, 2.24) is 4.90 Å². The van der Waals surface area contributed by atoms with Crippen molar-refractivity contribution in [1.29, 1.82) is 0 Å². The molecular formula is C24H23NO8. The number of hydrogen-bond donors (Lipinski definition) is 1. The molecule has 1 saturated heterocycles. The fourth-order valence-corrected chi connectivity index (χ4v) is 3.89. The Kier molecular flexibility index (Phi) is 6.21. The fourth-order valence-electron chi connectivity index (χ4n) is 3.89. The Hall–Kier alpha value is -4.01. The summed E-state index contributed by atoms with van der Waals surface area (Å²) < 4.78 is 21.9. The number of allylic oxidation sites excluding steroid dienone is 1. The van der Waals surface area contributed by atoms with Crippen LogP contribution in [0.5, 0.6) is 23.0 Å². The number of hydrogen-bond acceptors (Lipinski definition) is 7. The largest absolute Gasteiger partial charge is 0.497 e. The molecule has 0 unspecified atom stereocenters. The van der Waals surface area contributed by atoms with Crippen LogP contribution in [0.2, 0.25) is 0 Å². The highest BCUT2D eigenvalue weighted by molar-refractivity contribution is 6.14. The van der Waals surface area contributed by atoms with Gasteiger partial charge < -0.3 is 29.0 Å². The Labute approximate surface area is 190 Å². The molecule has 2 aliphatic rings. The maximum Gasteiger partial charge on any atom is 0.326 e. The van der Waals surface area contributed by atoms with E-state index in [4.69, 9.17) is 18.9 Å². The number of ether oxygens (including phenoxy) is 4. The number of amides is 1. The van der Waals surface area contributed by atoms with Crippen LogP contribution in [0.1, 0.15) is 28.8 Å². The smallest absolute Gasteiger partial charge is 0.326 e. The first kappa shape index (κ1) is 22.2. The van der Waals surface area contributed by atoms with E-state index in [2.05, 4.69) is 0 Å². The summed E-state index contributed by atoms with van der Waals surface area (Å²) in [4.78, 5) is 37.8. The first-order valence-corrected chi connectivity index (χ1v) is 10.4. The Bertz CT molecular complexity index is 1140. The van der Waals surface area contributed by atoms with Crippen molar-refractivity contribution >= 4 is 23.7 Å². The zero-order chi connectivity index (χ0) is 23.5. The molecular weight excluding hydrogens is 430 g/mol. The summed E-state index contributed by atoms with van der Waals surface area (Å²) >= 11 is 0. The van der Waals surface area contributed by atoms with Crippen molar-refractivity contribution in [2.45, 2.75) is 18.9 Å². The molecule has 2 aromatic rings. The van der Waals surface area contributed by atoms with Gasteiger partial charge in [0.05, 0.1) is 19.8 Å². The van der Waals surface area contributed by atoms with E-state index in [9.17, 15) is 19.5 Å². The zero-order valence-corrected chi connectivity index (χ0v) is 18.2. The standard InChI is InChI=1S/C24H23NO8/c1-30-15-6-5-14(19(11-15)31-2)10-21-23(27)17-8-7-16(12-20(17)33-21)32-13-22(26)25-9-3-4-18(25)24(28)29/h5-8,10-12,18H,3-4,9,13H2,1-2H3,(H,28,29)/t18-/m0/s1. The molecule has 0 saturated carbocycles. The van der Waals surface area contributed by atoms with E-state index in [1.54, 1.807) is 43.5 Å². The third-order valence-electron chi connectivity index (χ3n) is 5.59. The van der Waals surface area contributed by atoms with Gasteiger partial charge in [-0.05, 0) is 43.2 Å². The first-order valence-electron chi connectivity index (χ1n) is 10.4. The molecule has 0 radical (unpaired) electrons. The summed E-state index contributed by atoms with van der Waals surface area (Å²) in [7, 11) is 3.07. The lowest BCUT2D eigenvalue weighted by atomic mass is 10.1. The molecule has 9 heteroatoms. The highest BCUT2D eigenvalue weighted by Gasteiger charge is 2.34. The third-order valence-corrected chi connectivity index (χ3v) is 5.59. The summed E-state index contributed by atoms with van der Waals surface area (Å²) in [6.45, 7) is 0.0895. The second-order valence-corrected chi connectivity index (χ2v) is 7.58. The van der Waals surface area contributed by atoms with Crippen molar-refractivity contribution in [3.05, 3.63) is 53.3 Å². The Morgan fingerprint density at radius 3 is 2.67 bits per heavy atom. The molecule has 1 amide bonds. The number of methoxy groups -OCH3 is 2. The number of carbonyl (C=O) groups excluding carboxylic acids is 2. The lowest BCUT2D eigenvalue weighted by Gasteiger charge is -2.21. The molecule has 1 atom stereocenters. The number of carbonyl (C=O) groups is 3. The molecule has 4 rings (SSSR count). The lowest BCUT2D eigenvalue weighted by molar-refractivity contribution is -0.148. The molecule has 2 aliphatic heterocycles. The van der Waals surface area contributed by atoms with E-state index in [0.29, 0.717) is 53.5 Å². The van der Waals surface area contributed by atoms with E-state index in [0.717, 1.165) is 0 Å². The molecule has 0 spiro atoms. The van der Waals surface area contributed by atoms with Gasteiger partial charge >= 0.3 is 5.97 Å². The van der Waals surface area contributed by atoms with Crippen LogP contribution in [0.4, 0.5) is 0 Å². The van der Waals surface area contributed by atoms with Crippen molar-refractivity contribution in [2.24, 2.45) is 0 Å². The van der Waals surface area contributed by atoms with Crippen LogP contribution < -0.4 is 18.9 Å². The van der Waals surface area contributed by atoms with Crippen LogP contribution in [0.3, 0.4) is 0 Å². The molecule has 172 valence electrons. The minimum Gasteiger partial charge on any atom is -0.497 e. The van der Waals surface area contributed by atoms with E-state index >= 15 is 0 Å². The average molecular weight is 453 g/mol. The molecule has 0 aliphatic carbocycles. The third kappa shape index (κ3) is 4.48. The van der Waals surface area contributed by atoms with Gasteiger partial charge in [0.2, 0.25) is 5.78 Å². The van der Waals surface area contributed by atoms with E-state index < -0.39 is 17.9 Å². The molecule has 0 bridgehead atoms. The van der Waals surface area contributed by atoms with Gasteiger partial charge in [-0.2, -0.15) is 0 Å². The number of benzene rings is 2. The van der Waals surface area contributed by atoms with Gasteiger partial charge in [-0.3, -0.25) is 9.59 Å². The molecule has 0 aromatic heterocycles. The Balaban J connectivity index is 1.46. The van der Waals surface area contributed by atoms with Crippen LogP contribution in [-0.2, 0) is 9.59 Å². The maximum atomic E-state index is 12.8. The van der Waals surface area contributed by atoms with Crippen LogP contribution in [0, 0.1) is 0 Å². The summed E-state index contributed by atoms with van der Waals surface area (Å²) in [6, 6.07) is 9.07.